The molecule has 0 radical (unpaired) electrons. The predicted molar refractivity (Wildman–Crippen MR) is 113 cm³/mol. The van der Waals surface area contributed by atoms with E-state index in [1.165, 1.54) is 42.5 Å². The normalized spacial score (nSPS) is 12.0. The van der Waals surface area contributed by atoms with Crippen LogP contribution in [-0.4, -0.2) is 30.7 Å². The van der Waals surface area contributed by atoms with E-state index in [-0.39, 0.29) is 27.3 Å². The van der Waals surface area contributed by atoms with Crippen molar-refractivity contribution in [2.45, 2.75) is 49.7 Å². The molecule has 1 atom stereocenters. The van der Waals surface area contributed by atoms with Crippen molar-refractivity contribution in [2.24, 2.45) is 0 Å². The Balaban J connectivity index is 2.33. The van der Waals surface area contributed by atoms with Gasteiger partial charge in [-0.3, -0.25) is 4.79 Å². The minimum Gasteiger partial charge on any atom is -0.478 e. The zero-order valence-electron chi connectivity index (χ0n) is 16.9. The van der Waals surface area contributed by atoms with Gasteiger partial charge in [-0.05, 0) is 49.2 Å². The van der Waals surface area contributed by atoms with Crippen LogP contribution in [0.15, 0.2) is 47.4 Å². The highest BCUT2D eigenvalue weighted by atomic mass is 32.2. The second-order valence-corrected chi connectivity index (χ2v) is 9.10. The standard InChI is InChI=1S/C22H24N2O5S/c1-3-5-8-17(4-2)30(28,29)18-9-6-7-16(13-18)21(25)24-20-11-10-15(14-23)12-19(20)22(26)27/h6-7,9-13,17H,3-5,8H2,1-2H3,(H,24,25)(H,26,27). The molecule has 0 fully saturated rings. The van der Waals surface area contributed by atoms with Crippen molar-refractivity contribution >= 4 is 27.4 Å². The van der Waals surface area contributed by atoms with E-state index in [0.717, 1.165) is 12.8 Å². The molecule has 158 valence electrons. The number of nitriles is 1. The minimum absolute atomic E-state index is 0.0224. The van der Waals surface area contributed by atoms with Crippen LogP contribution in [0, 0.1) is 11.3 Å². The van der Waals surface area contributed by atoms with Gasteiger partial charge >= 0.3 is 5.97 Å². The molecule has 0 bridgehead atoms. The number of carbonyl (C=O) groups excluding carboxylic acids is 1. The second-order valence-electron chi connectivity index (χ2n) is 6.88. The van der Waals surface area contributed by atoms with Crippen LogP contribution in [0.4, 0.5) is 5.69 Å². The van der Waals surface area contributed by atoms with Gasteiger partial charge in [0.15, 0.2) is 9.84 Å². The molecule has 0 saturated carbocycles. The van der Waals surface area contributed by atoms with Crippen molar-refractivity contribution < 1.29 is 23.1 Å². The average Bonchev–Trinajstić information content (AvgIpc) is 2.74. The first-order valence-electron chi connectivity index (χ1n) is 9.67. The zero-order chi connectivity index (χ0) is 22.3. The molecule has 1 amide bonds. The summed E-state index contributed by atoms with van der Waals surface area (Å²) in [4.78, 5) is 24.2. The maximum atomic E-state index is 13.0. The molecule has 2 rings (SSSR count). The molecule has 8 heteroatoms. The van der Waals surface area contributed by atoms with Gasteiger partial charge in [0, 0.05) is 5.56 Å². The molecular weight excluding hydrogens is 404 g/mol. The highest BCUT2D eigenvalue weighted by Crippen LogP contribution is 2.24. The van der Waals surface area contributed by atoms with E-state index in [1.54, 1.807) is 0 Å². The zero-order valence-corrected chi connectivity index (χ0v) is 17.7. The topological polar surface area (TPSA) is 124 Å². The molecule has 2 aromatic carbocycles. The Hall–Kier alpha value is -3.18. The van der Waals surface area contributed by atoms with E-state index < -0.39 is 27.0 Å². The van der Waals surface area contributed by atoms with Crippen LogP contribution >= 0.6 is 0 Å². The lowest BCUT2D eigenvalue weighted by Gasteiger charge is -2.16. The molecule has 0 aromatic heterocycles. The quantitative estimate of drug-likeness (QED) is 0.615. The van der Waals surface area contributed by atoms with Gasteiger partial charge in [0.2, 0.25) is 0 Å². The Morgan fingerprint density at radius 1 is 1.17 bits per heavy atom. The monoisotopic (exact) mass is 428 g/mol. The fourth-order valence-corrected chi connectivity index (χ4v) is 4.97. The summed E-state index contributed by atoms with van der Waals surface area (Å²) in [6.45, 7) is 3.83. The largest absolute Gasteiger partial charge is 0.478 e. The van der Waals surface area contributed by atoms with Gasteiger partial charge in [-0.25, -0.2) is 13.2 Å². The maximum Gasteiger partial charge on any atom is 0.337 e. The lowest BCUT2D eigenvalue weighted by atomic mass is 10.1. The number of unbranched alkanes of at least 4 members (excludes halogenated alkanes) is 1. The summed E-state index contributed by atoms with van der Waals surface area (Å²) >= 11 is 0. The summed E-state index contributed by atoms with van der Waals surface area (Å²) in [6, 6.07) is 11.5. The molecule has 0 aliphatic heterocycles. The van der Waals surface area contributed by atoms with Crippen molar-refractivity contribution in [3.05, 3.63) is 59.2 Å². The van der Waals surface area contributed by atoms with E-state index in [4.69, 9.17) is 5.26 Å². The molecule has 1 unspecified atom stereocenters. The smallest absolute Gasteiger partial charge is 0.337 e. The van der Waals surface area contributed by atoms with Crippen LogP contribution in [-0.2, 0) is 9.84 Å². The lowest BCUT2D eigenvalue weighted by Crippen LogP contribution is -2.21. The van der Waals surface area contributed by atoms with Crippen LogP contribution in [0.25, 0.3) is 0 Å². The third kappa shape index (κ3) is 5.24. The molecule has 0 spiro atoms. The Morgan fingerprint density at radius 2 is 1.90 bits per heavy atom. The summed E-state index contributed by atoms with van der Waals surface area (Å²) in [5, 5.41) is 20.2. The van der Waals surface area contributed by atoms with Gasteiger partial charge in [-0.15, -0.1) is 0 Å². The number of carboxylic acid groups (broad SMARTS) is 1. The highest BCUT2D eigenvalue weighted by Gasteiger charge is 2.26. The minimum atomic E-state index is -3.59. The van der Waals surface area contributed by atoms with E-state index >= 15 is 0 Å². The fourth-order valence-electron chi connectivity index (χ4n) is 3.11. The number of carboxylic acids is 1. The Bertz CT molecular complexity index is 1090. The summed E-state index contributed by atoms with van der Waals surface area (Å²) in [5.74, 6) is -1.93. The number of carbonyl (C=O) groups is 2. The SMILES string of the molecule is CCCCC(CC)S(=O)(=O)c1cccc(C(=O)Nc2ccc(C#N)cc2C(=O)O)c1. The van der Waals surface area contributed by atoms with Gasteiger partial charge in [0.1, 0.15) is 0 Å². The number of aromatic carboxylic acids is 1. The Labute approximate surface area is 176 Å². The second kappa shape index (κ2) is 10.0. The van der Waals surface area contributed by atoms with Crippen LogP contribution in [0.3, 0.4) is 0 Å². The summed E-state index contributed by atoms with van der Waals surface area (Å²) in [5.41, 5.74) is 0.0456. The fraction of sp³-hybridized carbons (Fsp3) is 0.318. The van der Waals surface area contributed by atoms with Gasteiger partial charge in [0.05, 0.1) is 33.0 Å². The number of anilines is 1. The maximum absolute atomic E-state index is 13.0. The molecule has 2 N–H and O–H groups in total. The number of nitrogens with one attached hydrogen (secondary N) is 1. The van der Waals surface area contributed by atoms with Crippen LogP contribution in [0.1, 0.15) is 65.8 Å². The predicted octanol–water partition coefficient (Wildman–Crippen LogP) is 4.25. The van der Waals surface area contributed by atoms with Crippen molar-refractivity contribution in [1.82, 2.24) is 0 Å². The third-order valence-electron chi connectivity index (χ3n) is 4.83. The lowest BCUT2D eigenvalue weighted by molar-refractivity contribution is 0.0698. The first kappa shape index (κ1) is 23.1. The Kier molecular flexibility index (Phi) is 7.72. The van der Waals surface area contributed by atoms with Crippen molar-refractivity contribution in [3.63, 3.8) is 0 Å². The van der Waals surface area contributed by atoms with Gasteiger partial charge < -0.3 is 10.4 Å². The van der Waals surface area contributed by atoms with Crippen LogP contribution in [0.2, 0.25) is 0 Å². The molecule has 0 aliphatic rings. The van der Waals surface area contributed by atoms with E-state index in [9.17, 15) is 23.1 Å². The first-order chi connectivity index (χ1) is 14.2. The van der Waals surface area contributed by atoms with Crippen LogP contribution < -0.4 is 5.32 Å². The number of nitrogens with zero attached hydrogens (tertiary/aromatic N) is 1. The number of rotatable bonds is 9. The average molecular weight is 429 g/mol. The Morgan fingerprint density at radius 3 is 2.50 bits per heavy atom. The van der Waals surface area contributed by atoms with E-state index in [0.29, 0.717) is 12.8 Å². The first-order valence-corrected chi connectivity index (χ1v) is 11.2. The number of benzene rings is 2. The summed E-state index contributed by atoms with van der Waals surface area (Å²) < 4.78 is 26.0. The summed E-state index contributed by atoms with van der Waals surface area (Å²) in [6.07, 6.45) is 2.73. The molecule has 0 aliphatic carbocycles. The number of hydrogen-bond acceptors (Lipinski definition) is 5. The molecule has 0 saturated heterocycles. The van der Waals surface area contributed by atoms with Gasteiger partial charge in [-0.1, -0.05) is 32.8 Å². The number of sulfone groups is 1. The molecule has 30 heavy (non-hydrogen) atoms. The molecule has 7 nitrogen and oxygen atoms in total. The van der Waals surface area contributed by atoms with Gasteiger partial charge in [-0.2, -0.15) is 5.26 Å². The van der Waals surface area contributed by atoms with E-state index in [1.807, 2.05) is 19.9 Å². The van der Waals surface area contributed by atoms with Gasteiger partial charge in [0.25, 0.3) is 5.91 Å². The van der Waals surface area contributed by atoms with Crippen molar-refractivity contribution in [3.8, 4) is 6.07 Å². The molecule has 2 aromatic rings. The highest BCUT2D eigenvalue weighted by molar-refractivity contribution is 7.92. The number of amides is 1. The summed E-state index contributed by atoms with van der Waals surface area (Å²) in [7, 11) is -3.59. The van der Waals surface area contributed by atoms with Crippen molar-refractivity contribution in [1.29, 1.82) is 5.26 Å². The van der Waals surface area contributed by atoms with E-state index in [2.05, 4.69) is 5.32 Å². The van der Waals surface area contributed by atoms with Crippen LogP contribution in [0.5, 0.6) is 0 Å². The van der Waals surface area contributed by atoms with Crippen molar-refractivity contribution in [2.75, 3.05) is 5.32 Å². The number of hydrogen-bond donors (Lipinski definition) is 2. The molecule has 0 heterocycles. The molecular formula is C22H24N2O5S. The third-order valence-corrected chi connectivity index (χ3v) is 7.18.